The Bertz CT molecular complexity index is 274. The Morgan fingerprint density at radius 2 is 2.17 bits per heavy atom. The van der Waals surface area contributed by atoms with Gasteiger partial charge in [0, 0.05) is 11.0 Å². The number of carbonyl (C=O) groups is 1. The third kappa shape index (κ3) is 9.15. The van der Waals surface area contributed by atoms with Crippen molar-refractivity contribution in [3.63, 3.8) is 0 Å². The van der Waals surface area contributed by atoms with E-state index in [0.717, 1.165) is 0 Å². The molecule has 0 radical (unpaired) electrons. The second-order valence-electron chi connectivity index (χ2n) is 4.24. The van der Waals surface area contributed by atoms with Crippen molar-refractivity contribution in [1.29, 1.82) is 0 Å². The van der Waals surface area contributed by atoms with Crippen molar-refractivity contribution >= 4 is 17.7 Å². The van der Waals surface area contributed by atoms with Crippen LogP contribution in [0.3, 0.4) is 0 Å². The first kappa shape index (κ1) is 17.1. The number of rotatable bonds is 5. The van der Waals surface area contributed by atoms with Crippen LogP contribution in [0.1, 0.15) is 38.5 Å². The highest BCUT2D eigenvalue weighted by Crippen LogP contribution is 2.14. The van der Waals surface area contributed by atoms with Crippen LogP contribution in [-0.2, 0) is 4.79 Å². The van der Waals surface area contributed by atoms with Crippen LogP contribution in [0.2, 0.25) is 0 Å². The molecular weight excluding hydrogens is 252 g/mol. The fourth-order valence-electron chi connectivity index (χ4n) is 1.66. The number of hydrogen-bond acceptors (Lipinski definition) is 4. The SMILES string of the molecule is CSCC[C@@H](N=[N+]=[N-])C(=O)O.NC1CCCCC1. The molecule has 0 heterocycles. The maximum atomic E-state index is 10.3. The largest absolute Gasteiger partial charge is 0.481 e. The molecule has 0 aromatic rings. The molecule has 7 heteroatoms. The maximum Gasteiger partial charge on any atom is 0.312 e. The van der Waals surface area contributed by atoms with Crippen molar-refractivity contribution in [2.24, 2.45) is 10.8 Å². The molecule has 0 bridgehead atoms. The molecule has 1 atom stereocenters. The van der Waals surface area contributed by atoms with Gasteiger partial charge in [-0.05, 0) is 36.8 Å². The van der Waals surface area contributed by atoms with Crippen molar-refractivity contribution in [2.75, 3.05) is 12.0 Å². The van der Waals surface area contributed by atoms with Crippen LogP contribution in [0.4, 0.5) is 0 Å². The molecule has 18 heavy (non-hydrogen) atoms. The van der Waals surface area contributed by atoms with E-state index in [1.165, 1.54) is 43.9 Å². The molecule has 1 rings (SSSR count). The lowest BCUT2D eigenvalue weighted by atomic mass is 9.97. The van der Waals surface area contributed by atoms with Crippen molar-refractivity contribution in [2.45, 2.75) is 50.6 Å². The van der Waals surface area contributed by atoms with Crippen LogP contribution in [0.25, 0.3) is 10.4 Å². The van der Waals surface area contributed by atoms with Crippen molar-refractivity contribution in [1.82, 2.24) is 0 Å². The van der Waals surface area contributed by atoms with E-state index in [0.29, 0.717) is 18.2 Å². The van der Waals surface area contributed by atoms with E-state index in [1.807, 2.05) is 6.26 Å². The minimum atomic E-state index is -1.06. The highest BCUT2D eigenvalue weighted by molar-refractivity contribution is 7.98. The van der Waals surface area contributed by atoms with Crippen LogP contribution >= 0.6 is 11.8 Å². The second kappa shape index (κ2) is 11.2. The first-order valence-corrected chi connectivity index (χ1v) is 7.52. The lowest BCUT2D eigenvalue weighted by molar-refractivity contribution is -0.138. The summed E-state index contributed by atoms with van der Waals surface area (Å²) in [6.07, 6.45) is 8.92. The van der Waals surface area contributed by atoms with E-state index < -0.39 is 12.0 Å². The molecule has 0 unspecified atom stereocenters. The Morgan fingerprint density at radius 1 is 1.56 bits per heavy atom. The second-order valence-corrected chi connectivity index (χ2v) is 5.22. The van der Waals surface area contributed by atoms with Gasteiger partial charge in [-0.2, -0.15) is 11.8 Å². The summed E-state index contributed by atoms with van der Waals surface area (Å²) in [4.78, 5) is 12.8. The minimum absolute atomic E-state index is 0.389. The highest BCUT2D eigenvalue weighted by Gasteiger charge is 2.13. The monoisotopic (exact) mass is 274 g/mol. The van der Waals surface area contributed by atoms with Crippen molar-refractivity contribution in [3.05, 3.63) is 10.4 Å². The molecule has 3 N–H and O–H groups in total. The molecule has 0 aromatic heterocycles. The van der Waals surface area contributed by atoms with E-state index in [4.69, 9.17) is 16.4 Å². The topological polar surface area (TPSA) is 112 Å². The van der Waals surface area contributed by atoms with Crippen LogP contribution in [0, 0.1) is 0 Å². The van der Waals surface area contributed by atoms with Gasteiger partial charge in [-0.3, -0.25) is 4.79 Å². The van der Waals surface area contributed by atoms with Gasteiger partial charge in [0.05, 0.1) is 0 Å². The summed E-state index contributed by atoms with van der Waals surface area (Å²) in [6, 6.07) is -0.374. The van der Waals surface area contributed by atoms with Crippen molar-refractivity contribution in [3.8, 4) is 0 Å². The van der Waals surface area contributed by atoms with Gasteiger partial charge in [0.25, 0.3) is 0 Å². The standard InChI is InChI=1S/C6H13N.C5H9N3O2S/c7-6-4-2-1-3-5-6;1-11-3-2-4(5(9)10)7-8-6/h6H,1-5,7H2;4H,2-3H2,1H3,(H,9,10)/t;4-/m.1/s1. The van der Waals surface area contributed by atoms with Crippen LogP contribution in [0.15, 0.2) is 5.11 Å². The molecule has 104 valence electrons. The summed E-state index contributed by atoms with van der Waals surface area (Å²) in [7, 11) is 0. The van der Waals surface area contributed by atoms with Gasteiger partial charge in [-0.15, -0.1) is 0 Å². The van der Waals surface area contributed by atoms with Crippen molar-refractivity contribution < 1.29 is 9.90 Å². The molecule has 0 spiro atoms. The Balaban J connectivity index is 0.000000351. The number of carboxylic acids is 1. The third-order valence-corrected chi connectivity index (χ3v) is 3.37. The Morgan fingerprint density at radius 3 is 2.50 bits per heavy atom. The number of nitrogens with two attached hydrogens (primary N) is 1. The molecule has 0 aromatic carbocycles. The summed E-state index contributed by atoms with van der Waals surface area (Å²) in [5.74, 6) is -0.368. The molecule has 0 amide bonds. The molecule has 0 saturated heterocycles. The quantitative estimate of drug-likeness (QED) is 0.456. The number of thioether (sulfide) groups is 1. The van der Waals surface area contributed by atoms with Crippen LogP contribution in [0.5, 0.6) is 0 Å². The van der Waals surface area contributed by atoms with Gasteiger partial charge >= 0.3 is 5.97 Å². The number of hydrogen-bond donors (Lipinski definition) is 2. The molecular formula is C11H22N4O2S. The van der Waals surface area contributed by atoms with Gasteiger partial charge in [-0.1, -0.05) is 24.4 Å². The zero-order valence-electron chi connectivity index (χ0n) is 10.8. The molecule has 1 aliphatic carbocycles. The van der Waals surface area contributed by atoms with Gasteiger partial charge in [-0.25, -0.2) is 0 Å². The normalized spacial score (nSPS) is 17.0. The summed E-state index contributed by atoms with van der Waals surface area (Å²) in [6.45, 7) is 0. The number of carboxylic acid groups (broad SMARTS) is 1. The number of azide groups is 1. The predicted octanol–water partition coefficient (Wildman–Crippen LogP) is 2.78. The first-order valence-electron chi connectivity index (χ1n) is 6.13. The Labute approximate surface area is 112 Å². The molecule has 6 nitrogen and oxygen atoms in total. The third-order valence-electron chi connectivity index (χ3n) is 2.72. The number of nitrogens with zero attached hydrogens (tertiary/aromatic N) is 3. The zero-order chi connectivity index (χ0) is 13.8. The summed E-state index contributed by atoms with van der Waals surface area (Å²) >= 11 is 1.53. The van der Waals surface area contributed by atoms with E-state index in [-0.39, 0.29) is 0 Å². The molecule has 0 aliphatic heterocycles. The predicted molar refractivity (Wildman–Crippen MR) is 74.6 cm³/mol. The molecule has 1 fully saturated rings. The van der Waals surface area contributed by atoms with Gasteiger partial charge in [0.1, 0.15) is 6.04 Å². The van der Waals surface area contributed by atoms with Gasteiger partial charge in [0.2, 0.25) is 0 Å². The van der Waals surface area contributed by atoms with Crippen LogP contribution < -0.4 is 5.73 Å². The van der Waals surface area contributed by atoms with E-state index >= 15 is 0 Å². The highest BCUT2D eigenvalue weighted by atomic mass is 32.2. The van der Waals surface area contributed by atoms with E-state index in [9.17, 15) is 4.79 Å². The Hall–Kier alpha value is -0.910. The van der Waals surface area contributed by atoms with E-state index in [1.54, 1.807) is 0 Å². The Kier molecular flexibility index (Phi) is 10.6. The number of aliphatic carboxylic acids is 1. The fourth-order valence-corrected chi connectivity index (χ4v) is 2.12. The average Bonchev–Trinajstić information content (AvgIpc) is 2.36. The van der Waals surface area contributed by atoms with Gasteiger partial charge < -0.3 is 10.8 Å². The fraction of sp³-hybridized carbons (Fsp3) is 0.909. The van der Waals surface area contributed by atoms with E-state index in [2.05, 4.69) is 10.0 Å². The smallest absolute Gasteiger partial charge is 0.312 e. The summed E-state index contributed by atoms with van der Waals surface area (Å²) in [5.41, 5.74) is 13.6. The van der Waals surface area contributed by atoms with Crippen LogP contribution in [-0.4, -0.2) is 35.2 Å². The molecule has 1 saturated carbocycles. The lowest BCUT2D eigenvalue weighted by Crippen LogP contribution is -2.22. The minimum Gasteiger partial charge on any atom is -0.481 e. The summed E-state index contributed by atoms with van der Waals surface area (Å²) < 4.78 is 0. The first-order chi connectivity index (χ1) is 8.61. The summed E-state index contributed by atoms with van der Waals surface area (Å²) in [5, 5.41) is 11.6. The lowest BCUT2D eigenvalue weighted by Gasteiger charge is -2.15. The zero-order valence-corrected chi connectivity index (χ0v) is 11.6. The van der Waals surface area contributed by atoms with Gasteiger partial charge in [0.15, 0.2) is 0 Å². The molecule has 1 aliphatic rings. The average molecular weight is 274 g/mol. The maximum absolute atomic E-state index is 10.3.